The van der Waals surface area contributed by atoms with E-state index in [1.165, 1.54) is 31.3 Å². The molecule has 1 saturated heterocycles. The summed E-state index contributed by atoms with van der Waals surface area (Å²) in [6.45, 7) is 2.25. The zero-order valence-corrected chi connectivity index (χ0v) is 15.9. The highest BCUT2D eigenvalue weighted by atomic mass is 35.5. The van der Waals surface area contributed by atoms with Crippen LogP contribution in [0.2, 0.25) is 5.02 Å². The first-order chi connectivity index (χ1) is 13.3. The Morgan fingerprint density at radius 2 is 1.93 bits per heavy atom. The van der Waals surface area contributed by atoms with Crippen LogP contribution in [0.1, 0.15) is 30.1 Å². The molecule has 1 aromatic carbocycles. The van der Waals surface area contributed by atoms with E-state index >= 15 is 0 Å². The fourth-order valence-electron chi connectivity index (χ4n) is 3.08. The Morgan fingerprint density at radius 1 is 1.21 bits per heavy atom. The third-order valence-electron chi connectivity index (χ3n) is 4.46. The van der Waals surface area contributed by atoms with Crippen molar-refractivity contribution in [1.29, 1.82) is 0 Å². The van der Waals surface area contributed by atoms with Gasteiger partial charge in [-0.1, -0.05) is 11.6 Å². The number of piperidine rings is 1. The summed E-state index contributed by atoms with van der Waals surface area (Å²) < 4.78 is 26.8. The van der Waals surface area contributed by atoms with E-state index < -0.39 is 11.6 Å². The number of nitrogens with one attached hydrogen (secondary N) is 2. The highest BCUT2D eigenvalue weighted by molar-refractivity contribution is 6.33. The van der Waals surface area contributed by atoms with Crippen molar-refractivity contribution in [3.05, 3.63) is 52.7 Å². The monoisotopic (exact) mass is 408 g/mol. The van der Waals surface area contributed by atoms with Gasteiger partial charge in [0.05, 0.1) is 16.3 Å². The van der Waals surface area contributed by atoms with Crippen molar-refractivity contribution in [2.45, 2.75) is 25.8 Å². The van der Waals surface area contributed by atoms with E-state index in [0.717, 1.165) is 6.07 Å². The van der Waals surface area contributed by atoms with E-state index in [4.69, 9.17) is 11.6 Å². The molecular weight excluding hydrogens is 390 g/mol. The number of rotatable bonds is 4. The van der Waals surface area contributed by atoms with Crippen LogP contribution in [-0.4, -0.2) is 40.8 Å². The van der Waals surface area contributed by atoms with Gasteiger partial charge < -0.3 is 15.5 Å². The number of hydrogen-bond acceptors (Lipinski definition) is 4. The number of amides is 2. The van der Waals surface area contributed by atoms with E-state index in [1.54, 1.807) is 4.90 Å². The number of carbonyl (C=O) groups is 2. The maximum Gasteiger partial charge on any atom is 0.255 e. The number of aromatic nitrogens is 1. The Bertz CT molecular complexity index is 901. The fraction of sp³-hybridized carbons (Fsp3) is 0.316. The van der Waals surface area contributed by atoms with Gasteiger partial charge in [0.1, 0.15) is 17.5 Å². The molecule has 0 radical (unpaired) electrons. The van der Waals surface area contributed by atoms with E-state index in [9.17, 15) is 18.4 Å². The van der Waals surface area contributed by atoms with Crippen LogP contribution >= 0.6 is 11.6 Å². The summed E-state index contributed by atoms with van der Waals surface area (Å²) in [5.41, 5.74) is 0.500. The van der Waals surface area contributed by atoms with Crippen LogP contribution in [0.25, 0.3) is 0 Å². The second-order valence-corrected chi connectivity index (χ2v) is 6.97. The molecule has 0 saturated carbocycles. The molecule has 0 unspecified atom stereocenters. The molecule has 0 atom stereocenters. The molecule has 3 rings (SSSR count). The Balaban J connectivity index is 1.63. The first-order valence-corrected chi connectivity index (χ1v) is 9.15. The van der Waals surface area contributed by atoms with Crippen LogP contribution in [0.5, 0.6) is 0 Å². The molecule has 2 amide bonds. The molecule has 6 nitrogen and oxygen atoms in total. The van der Waals surface area contributed by atoms with Crippen molar-refractivity contribution in [3.8, 4) is 0 Å². The largest absolute Gasteiger partial charge is 0.380 e. The van der Waals surface area contributed by atoms with Crippen molar-refractivity contribution < 1.29 is 18.4 Å². The minimum Gasteiger partial charge on any atom is -0.380 e. The van der Waals surface area contributed by atoms with Gasteiger partial charge in [0, 0.05) is 38.3 Å². The molecule has 0 bridgehead atoms. The SMILES string of the molecule is CC(=O)Nc1cc(C(=O)N2CCC(Nc3ccc(F)cc3F)CC2)c(Cl)cn1. The van der Waals surface area contributed by atoms with Crippen molar-refractivity contribution >= 4 is 34.9 Å². The molecule has 9 heteroatoms. The summed E-state index contributed by atoms with van der Waals surface area (Å²) in [5, 5.41) is 5.78. The minimum absolute atomic E-state index is 0.0353. The Labute approximate surface area is 165 Å². The zero-order valence-electron chi connectivity index (χ0n) is 15.1. The number of benzene rings is 1. The van der Waals surface area contributed by atoms with Gasteiger partial charge in [-0.05, 0) is 31.0 Å². The summed E-state index contributed by atoms with van der Waals surface area (Å²) in [6.07, 6.45) is 2.53. The number of pyridine rings is 1. The molecule has 1 aromatic heterocycles. The van der Waals surface area contributed by atoms with Crippen molar-refractivity contribution in [1.82, 2.24) is 9.88 Å². The quantitative estimate of drug-likeness (QED) is 0.809. The van der Waals surface area contributed by atoms with Crippen molar-refractivity contribution in [2.24, 2.45) is 0 Å². The van der Waals surface area contributed by atoms with Crippen molar-refractivity contribution in [3.63, 3.8) is 0 Å². The van der Waals surface area contributed by atoms with Crippen LogP contribution in [0.3, 0.4) is 0 Å². The number of carbonyl (C=O) groups excluding carboxylic acids is 2. The van der Waals surface area contributed by atoms with Crippen LogP contribution in [0.15, 0.2) is 30.5 Å². The highest BCUT2D eigenvalue weighted by Crippen LogP contribution is 2.24. The molecule has 28 heavy (non-hydrogen) atoms. The molecular formula is C19H19ClF2N4O2. The molecule has 0 aliphatic carbocycles. The fourth-order valence-corrected chi connectivity index (χ4v) is 3.26. The Kier molecular flexibility index (Phi) is 6.08. The third-order valence-corrected chi connectivity index (χ3v) is 4.76. The second-order valence-electron chi connectivity index (χ2n) is 6.57. The van der Waals surface area contributed by atoms with Gasteiger partial charge >= 0.3 is 0 Å². The van der Waals surface area contributed by atoms with Gasteiger partial charge in [-0.3, -0.25) is 9.59 Å². The number of nitrogens with zero attached hydrogens (tertiary/aromatic N) is 2. The first kappa shape index (κ1) is 20.0. The van der Waals surface area contributed by atoms with Crippen LogP contribution in [0.4, 0.5) is 20.3 Å². The zero-order chi connectivity index (χ0) is 20.3. The van der Waals surface area contributed by atoms with Gasteiger partial charge in [-0.2, -0.15) is 0 Å². The molecule has 2 N–H and O–H groups in total. The summed E-state index contributed by atoms with van der Waals surface area (Å²) in [6, 6.07) is 4.81. The van der Waals surface area contributed by atoms with Gasteiger partial charge in [0.2, 0.25) is 5.91 Å². The molecule has 1 aliphatic heterocycles. The summed E-state index contributed by atoms with van der Waals surface area (Å²) >= 11 is 6.11. The topological polar surface area (TPSA) is 74.3 Å². The summed E-state index contributed by atoms with van der Waals surface area (Å²) in [7, 11) is 0. The second kappa shape index (κ2) is 8.52. The lowest BCUT2D eigenvalue weighted by Gasteiger charge is -2.33. The van der Waals surface area contributed by atoms with Crippen molar-refractivity contribution in [2.75, 3.05) is 23.7 Å². The lowest BCUT2D eigenvalue weighted by atomic mass is 10.0. The van der Waals surface area contributed by atoms with Gasteiger partial charge in [0.15, 0.2) is 0 Å². The van der Waals surface area contributed by atoms with Gasteiger partial charge in [-0.25, -0.2) is 13.8 Å². The molecule has 148 valence electrons. The number of likely N-dealkylation sites (tertiary alicyclic amines) is 1. The summed E-state index contributed by atoms with van der Waals surface area (Å²) in [4.78, 5) is 29.6. The first-order valence-electron chi connectivity index (χ1n) is 8.77. The molecule has 1 aliphatic rings. The normalized spacial score (nSPS) is 14.6. The maximum atomic E-state index is 13.8. The molecule has 1 fully saturated rings. The smallest absolute Gasteiger partial charge is 0.255 e. The lowest BCUT2D eigenvalue weighted by Crippen LogP contribution is -2.42. The predicted octanol–water partition coefficient (Wildman–Crippen LogP) is 3.69. The number of halogens is 3. The highest BCUT2D eigenvalue weighted by Gasteiger charge is 2.26. The van der Waals surface area contributed by atoms with Gasteiger partial charge in [-0.15, -0.1) is 0 Å². The van der Waals surface area contributed by atoms with E-state index in [-0.39, 0.29) is 39.9 Å². The Hall–Kier alpha value is -2.74. The number of anilines is 2. The average molecular weight is 409 g/mol. The van der Waals surface area contributed by atoms with E-state index in [0.29, 0.717) is 25.9 Å². The predicted molar refractivity (Wildman–Crippen MR) is 102 cm³/mol. The standard InChI is InChI=1S/C19H19ClF2N4O2/c1-11(27)24-18-9-14(15(20)10-23-18)19(28)26-6-4-13(5-7-26)25-17-3-2-12(21)8-16(17)22/h2-3,8-10,13,25H,4-7H2,1H3,(H,23,24,27). The van der Waals surface area contributed by atoms with Crippen LogP contribution in [0, 0.1) is 11.6 Å². The van der Waals surface area contributed by atoms with Crippen LogP contribution < -0.4 is 10.6 Å². The van der Waals surface area contributed by atoms with Gasteiger partial charge in [0.25, 0.3) is 5.91 Å². The third kappa shape index (κ3) is 4.75. The summed E-state index contributed by atoms with van der Waals surface area (Å²) in [5.74, 6) is -1.58. The minimum atomic E-state index is -0.646. The lowest BCUT2D eigenvalue weighted by molar-refractivity contribution is -0.114. The average Bonchev–Trinajstić information content (AvgIpc) is 2.65. The van der Waals surface area contributed by atoms with E-state index in [1.807, 2.05) is 0 Å². The molecule has 2 aromatic rings. The maximum absolute atomic E-state index is 13.8. The molecule has 2 heterocycles. The number of hydrogen-bond donors (Lipinski definition) is 2. The van der Waals surface area contributed by atoms with Crippen LogP contribution in [-0.2, 0) is 4.79 Å². The Morgan fingerprint density at radius 3 is 2.57 bits per heavy atom. The van der Waals surface area contributed by atoms with E-state index in [2.05, 4.69) is 15.6 Å². The molecule has 0 spiro atoms.